The summed E-state index contributed by atoms with van der Waals surface area (Å²) in [6.45, 7) is 5.69. The molecule has 0 radical (unpaired) electrons. The molecular formula is C9H18N2O4. The third-order valence-electron chi connectivity index (χ3n) is 1.64. The quantitative estimate of drug-likeness (QED) is 0.557. The highest BCUT2D eigenvalue weighted by molar-refractivity contribution is 5.87. The fourth-order valence-corrected chi connectivity index (χ4v) is 0.855. The van der Waals surface area contributed by atoms with Crippen molar-refractivity contribution in [2.24, 2.45) is 5.73 Å². The molecule has 0 saturated heterocycles. The molecule has 0 bridgehead atoms. The minimum absolute atomic E-state index is 0.350. The first-order valence-corrected chi connectivity index (χ1v) is 4.85. The third kappa shape index (κ3) is 5.34. The Hall–Kier alpha value is -1.14. The van der Waals surface area contributed by atoms with Crippen LogP contribution in [0.4, 0.5) is 0 Å². The zero-order valence-corrected chi connectivity index (χ0v) is 9.28. The molecule has 6 heteroatoms. The largest absolute Gasteiger partial charge is 0.368 e. The summed E-state index contributed by atoms with van der Waals surface area (Å²) in [4.78, 5) is 22.2. The van der Waals surface area contributed by atoms with E-state index in [-0.39, 0.29) is 0 Å². The first-order chi connectivity index (χ1) is 7.02. The summed E-state index contributed by atoms with van der Waals surface area (Å²) in [5, 5.41) is 2.39. The molecule has 0 aromatic rings. The van der Waals surface area contributed by atoms with E-state index in [0.29, 0.717) is 13.2 Å². The Balaban J connectivity index is 4.18. The van der Waals surface area contributed by atoms with Gasteiger partial charge in [-0.1, -0.05) is 0 Å². The predicted molar refractivity (Wildman–Crippen MR) is 53.8 cm³/mol. The molecule has 0 aliphatic carbocycles. The van der Waals surface area contributed by atoms with Crippen molar-refractivity contribution < 1.29 is 19.1 Å². The SMILES string of the molecule is CCOC(OCC)C(=O)NC(C)C(N)=O. The molecule has 2 amide bonds. The van der Waals surface area contributed by atoms with E-state index in [4.69, 9.17) is 15.2 Å². The second-order valence-corrected chi connectivity index (χ2v) is 2.88. The molecule has 0 aromatic carbocycles. The summed E-state index contributed by atoms with van der Waals surface area (Å²) in [6, 6.07) is -0.735. The predicted octanol–water partition coefficient (Wildman–Crippen LogP) is -0.624. The number of carbonyl (C=O) groups excluding carboxylic acids is 2. The number of rotatable bonds is 7. The lowest BCUT2D eigenvalue weighted by Crippen LogP contribution is -2.47. The number of primary amides is 1. The van der Waals surface area contributed by atoms with Crippen LogP contribution >= 0.6 is 0 Å². The summed E-state index contributed by atoms with van der Waals surface area (Å²) < 4.78 is 10.1. The maximum atomic E-state index is 11.5. The fourth-order valence-electron chi connectivity index (χ4n) is 0.855. The number of nitrogens with one attached hydrogen (secondary N) is 1. The van der Waals surface area contributed by atoms with Crippen molar-refractivity contribution in [3.8, 4) is 0 Å². The maximum absolute atomic E-state index is 11.5. The van der Waals surface area contributed by atoms with Gasteiger partial charge in [-0.3, -0.25) is 9.59 Å². The van der Waals surface area contributed by atoms with Crippen molar-refractivity contribution in [3.63, 3.8) is 0 Å². The standard InChI is InChI=1S/C9H18N2O4/c1-4-14-9(15-5-2)8(13)11-6(3)7(10)12/h6,9H,4-5H2,1-3H3,(H2,10,12)(H,11,13). The molecule has 1 unspecified atom stereocenters. The third-order valence-corrected chi connectivity index (χ3v) is 1.64. The van der Waals surface area contributed by atoms with Crippen LogP contribution in [0.1, 0.15) is 20.8 Å². The van der Waals surface area contributed by atoms with Gasteiger partial charge in [-0.15, -0.1) is 0 Å². The van der Waals surface area contributed by atoms with Crippen molar-refractivity contribution in [1.82, 2.24) is 5.32 Å². The highest BCUT2D eigenvalue weighted by Gasteiger charge is 2.21. The molecule has 0 saturated carbocycles. The first-order valence-electron chi connectivity index (χ1n) is 4.85. The zero-order chi connectivity index (χ0) is 11.8. The molecule has 88 valence electrons. The van der Waals surface area contributed by atoms with Crippen LogP contribution < -0.4 is 11.1 Å². The van der Waals surface area contributed by atoms with Crippen LogP contribution in [-0.4, -0.2) is 37.4 Å². The molecule has 1 atom stereocenters. The van der Waals surface area contributed by atoms with Crippen LogP contribution in [0.25, 0.3) is 0 Å². The molecule has 0 rings (SSSR count). The highest BCUT2D eigenvalue weighted by Crippen LogP contribution is 1.96. The lowest BCUT2D eigenvalue weighted by molar-refractivity contribution is -0.171. The fraction of sp³-hybridized carbons (Fsp3) is 0.778. The Morgan fingerprint density at radius 1 is 1.27 bits per heavy atom. The first kappa shape index (κ1) is 13.9. The van der Waals surface area contributed by atoms with E-state index >= 15 is 0 Å². The number of hydrogen-bond donors (Lipinski definition) is 2. The van der Waals surface area contributed by atoms with Gasteiger partial charge in [-0.25, -0.2) is 0 Å². The molecule has 3 N–H and O–H groups in total. The minimum atomic E-state index is -0.984. The van der Waals surface area contributed by atoms with E-state index in [0.717, 1.165) is 0 Å². The molecule has 0 aliphatic heterocycles. The molecule has 0 heterocycles. The summed E-state index contributed by atoms with van der Waals surface area (Å²) in [7, 11) is 0. The monoisotopic (exact) mass is 218 g/mol. The molecule has 0 aromatic heterocycles. The number of hydrogen-bond acceptors (Lipinski definition) is 4. The van der Waals surface area contributed by atoms with Crippen molar-refractivity contribution in [3.05, 3.63) is 0 Å². The Morgan fingerprint density at radius 2 is 1.73 bits per heavy atom. The summed E-state index contributed by atoms with van der Waals surface area (Å²) in [6.07, 6.45) is -0.984. The second kappa shape index (κ2) is 7.19. The van der Waals surface area contributed by atoms with Crippen molar-refractivity contribution in [2.45, 2.75) is 33.1 Å². The van der Waals surface area contributed by atoms with E-state index < -0.39 is 24.1 Å². The molecule has 0 fully saturated rings. The van der Waals surface area contributed by atoms with E-state index in [1.165, 1.54) is 6.92 Å². The van der Waals surface area contributed by atoms with Crippen molar-refractivity contribution in [1.29, 1.82) is 0 Å². The highest BCUT2D eigenvalue weighted by atomic mass is 16.7. The molecule has 6 nitrogen and oxygen atoms in total. The van der Waals surface area contributed by atoms with Crippen LogP contribution in [0.2, 0.25) is 0 Å². The van der Waals surface area contributed by atoms with Crippen molar-refractivity contribution in [2.75, 3.05) is 13.2 Å². The van der Waals surface area contributed by atoms with Gasteiger partial charge in [0, 0.05) is 13.2 Å². The lowest BCUT2D eigenvalue weighted by Gasteiger charge is -2.18. The number of carbonyl (C=O) groups is 2. The Kier molecular flexibility index (Phi) is 6.64. The summed E-state index contributed by atoms with van der Waals surface area (Å²) in [5.74, 6) is -1.10. The average Bonchev–Trinajstić information content (AvgIpc) is 2.17. The molecular weight excluding hydrogens is 200 g/mol. The van der Waals surface area contributed by atoms with Crippen LogP contribution in [-0.2, 0) is 19.1 Å². The van der Waals surface area contributed by atoms with Gasteiger partial charge in [0.25, 0.3) is 5.91 Å². The number of ether oxygens (including phenoxy) is 2. The second-order valence-electron chi connectivity index (χ2n) is 2.88. The summed E-state index contributed by atoms with van der Waals surface area (Å²) in [5.41, 5.74) is 5.00. The van der Waals surface area contributed by atoms with Gasteiger partial charge in [0.05, 0.1) is 0 Å². The maximum Gasteiger partial charge on any atom is 0.277 e. The van der Waals surface area contributed by atoms with Gasteiger partial charge >= 0.3 is 0 Å². The summed E-state index contributed by atoms with van der Waals surface area (Å²) >= 11 is 0. The zero-order valence-electron chi connectivity index (χ0n) is 9.28. The van der Waals surface area contributed by atoms with E-state index in [9.17, 15) is 9.59 Å². The van der Waals surface area contributed by atoms with Gasteiger partial charge in [-0.2, -0.15) is 0 Å². The smallest absolute Gasteiger partial charge is 0.277 e. The van der Waals surface area contributed by atoms with Crippen LogP contribution in [0, 0.1) is 0 Å². The van der Waals surface area contributed by atoms with Crippen LogP contribution in [0.5, 0.6) is 0 Å². The van der Waals surface area contributed by atoms with Crippen LogP contribution in [0.15, 0.2) is 0 Å². The van der Waals surface area contributed by atoms with E-state index in [2.05, 4.69) is 5.32 Å². The Bertz CT molecular complexity index is 214. The Morgan fingerprint density at radius 3 is 2.07 bits per heavy atom. The molecule has 0 spiro atoms. The molecule has 15 heavy (non-hydrogen) atoms. The van der Waals surface area contributed by atoms with Gasteiger partial charge in [-0.05, 0) is 20.8 Å². The van der Waals surface area contributed by atoms with E-state index in [1.807, 2.05) is 0 Å². The number of nitrogens with two attached hydrogens (primary N) is 1. The van der Waals surface area contributed by atoms with E-state index in [1.54, 1.807) is 13.8 Å². The topological polar surface area (TPSA) is 90.7 Å². The Labute approximate surface area is 89.1 Å². The molecule has 0 aliphatic rings. The minimum Gasteiger partial charge on any atom is -0.368 e. The number of amides is 2. The van der Waals surface area contributed by atoms with Gasteiger partial charge in [0.2, 0.25) is 12.2 Å². The van der Waals surface area contributed by atoms with Gasteiger partial charge in [0.1, 0.15) is 6.04 Å². The van der Waals surface area contributed by atoms with Crippen molar-refractivity contribution >= 4 is 11.8 Å². The van der Waals surface area contributed by atoms with Gasteiger partial charge < -0.3 is 20.5 Å². The normalized spacial score (nSPS) is 12.5. The van der Waals surface area contributed by atoms with Crippen LogP contribution in [0.3, 0.4) is 0 Å². The lowest BCUT2D eigenvalue weighted by atomic mass is 10.3. The average molecular weight is 218 g/mol. The van der Waals surface area contributed by atoms with Gasteiger partial charge in [0.15, 0.2) is 0 Å².